The average Bonchev–Trinajstić information content (AvgIpc) is 3.01. The minimum absolute atomic E-state index is 0.202. The molecular formula is C18H18F2N4O. The lowest BCUT2D eigenvalue weighted by Gasteiger charge is -2.39. The number of fused-ring (bicyclic) bond motifs is 1. The van der Waals surface area contributed by atoms with Gasteiger partial charge >= 0.3 is 0 Å². The Balaban J connectivity index is 1.48. The zero-order valence-corrected chi connectivity index (χ0v) is 13.8. The van der Waals surface area contributed by atoms with Crippen molar-refractivity contribution < 1.29 is 13.2 Å². The number of piperazine rings is 1. The average molecular weight is 344 g/mol. The Morgan fingerprint density at radius 1 is 1.24 bits per heavy atom. The summed E-state index contributed by atoms with van der Waals surface area (Å²) in [5.41, 5.74) is 1.74. The quantitative estimate of drug-likeness (QED) is 0.730. The maximum atomic E-state index is 13.8. The lowest BCUT2D eigenvalue weighted by Crippen LogP contribution is -2.51. The van der Waals surface area contributed by atoms with Crippen LogP contribution in [-0.4, -0.2) is 40.5 Å². The first kappa shape index (κ1) is 16.0. The molecule has 3 aromatic rings. The van der Waals surface area contributed by atoms with E-state index in [4.69, 9.17) is 4.42 Å². The largest absolute Gasteiger partial charge is 0.423 e. The first-order valence-corrected chi connectivity index (χ1v) is 8.23. The summed E-state index contributed by atoms with van der Waals surface area (Å²) in [5, 5.41) is 0. The fraction of sp³-hybridized carbons (Fsp3) is 0.333. The van der Waals surface area contributed by atoms with Crippen LogP contribution in [-0.2, 0) is 6.54 Å². The Labute approximate surface area is 143 Å². The van der Waals surface area contributed by atoms with E-state index in [2.05, 4.69) is 21.8 Å². The smallest absolute Gasteiger partial charge is 0.298 e. The summed E-state index contributed by atoms with van der Waals surface area (Å²) in [5.74, 6) is -0.620. The SMILES string of the molecule is CC1CN(c2nc3ccc(F)cc3o2)CCN1Cc1ccncc1F. The van der Waals surface area contributed by atoms with Gasteiger partial charge < -0.3 is 9.32 Å². The van der Waals surface area contributed by atoms with Crippen LogP contribution in [0.25, 0.3) is 11.1 Å². The van der Waals surface area contributed by atoms with E-state index in [0.29, 0.717) is 42.3 Å². The van der Waals surface area contributed by atoms with Gasteiger partial charge in [0.05, 0.1) is 6.20 Å². The molecule has 0 radical (unpaired) electrons. The first-order chi connectivity index (χ1) is 12.1. The number of nitrogens with zero attached hydrogens (tertiary/aromatic N) is 4. The van der Waals surface area contributed by atoms with Gasteiger partial charge in [0, 0.05) is 50.0 Å². The second-order valence-corrected chi connectivity index (χ2v) is 6.34. The molecule has 3 heterocycles. The summed E-state index contributed by atoms with van der Waals surface area (Å²) < 4.78 is 32.8. The predicted octanol–water partition coefficient (Wildman–Crippen LogP) is 3.21. The number of anilines is 1. The normalized spacial score (nSPS) is 18.8. The molecule has 0 bridgehead atoms. The zero-order chi connectivity index (χ0) is 17.4. The van der Waals surface area contributed by atoms with Crippen LogP contribution >= 0.6 is 0 Å². The zero-order valence-electron chi connectivity index (χ0n) is 13.8. The van der Waals surface area contributed by atoms with Crippen molar-refractivity contribution in [3.05, 3.63) is 53.9 Å². The molecule has 7 heteroatoms. The van der Waals surface area contributed by atoms with Crippen molar-refractivity contribution in [2.45, 2.75) is 19.5 Å². The lowest BCUT2D eigenvalue weighted by molar-refractivity contribution is 0.176. The molecule has 1 aliphatic heterocycles. The Bertz CT molecular complexity index is 898. The van der Waals surface area contributed by atoms with Gasteiger partial charge in [-0.1, -0.05) is 0 Å². The number of oxazole rings is 1. The molecule has 25 heavy (non-hydrogen) atoms. The predicted molar refractivity (Wildman–Crippen MR) is 90.2 cm³/mol. The molecule has 0 aliphatic carbocycles. The number of hydrogen-bond donors (Lipinski definition) is 0. The number of aromatic nitrogens is 2. The molecular weight excluding hydrogens is 326 g/mol. The summed E-state index contributed by atoms with van der Waals surface area (Å²) in [6.45, 7) is 4.82. The van der Waals surface area contributed by atoms with E-state index in [0.717, 1.165) is 6.54 Å². The topological polar surface area (TPSA) is 45.4 Å². The molecule has 2 aromatic heterocycles. The van der Waals surface area contributed by atoms with Gasteiger partial charge in [0.15, 0.2) is 5.58 Å². The second-order valence-electron chi connectivity index (χ2n) is 6.34. The Morgan fingerprint density at radius 2 is 2.12 bits per heavy atom. The minimum Gasteiger partial charge on any atom is -0.423 e. The van der Waals surface area contributed by atoms with Crippen LogP contribution in [0, 0.1) is 11.6 Å². The van der Waals surface area contributed by atoms with E-state index in [1.807, 2.05) is 4.90 Å². The summed E-state index contributed by atoms with van der Waals surface area (Å²) in [7, 11) is 0. The van der Waals surface area contributed by atoms with Crippen molar-refractivity contribution in [3.8, 4) is 0 Å². The van der Waals surface area contributed by atoms with Crippen LogP contribution in [0.1, 0.15) is 12.5 Å². The molecule has 5 nitrogen and oxygen atoms in total. The Kier molecular flexibility index (Phi) is 4.09. The molecule has 1 saturated heterocycles. The molecule has 1 atom stereocenters. The summed E-state index contributed by atoms with van der Waals surface area (Å²) in [4.78, 5) is 12.5. The van der Waals surface area contributed by atoms with Crippen molar-refractivity contribution in [2.75, 3.05) is 24.5 Å². The van der Waals surface area contributed by atoms with Crippen molar-refractivity contribution in [3.63, 3.8) is 0 Å². The van der Waals surface area contributed by atoms with Crippen molar-refractivity contribution in [1.29, 1.82) is 0 Å². The van der Waals surface area contributed by atoms with E-state index in [-0.39, 0.29) is 17.7 Å². The fourth-order valence-corrected chi connectivity index (χ4v) is 3.18. The van der Waals surface area contributed by atoms with Gasteiger partial charge in [0.2, 0.25) is 0 Å². The van der Waals surface area contributed by atoms with E-state index >= 15 is 0 Å². The summed E-state index contributed by atoms with van der Waals surface area (Å²) in [6.07, 6.45) is 2.85. The van der Waals surface area contributed by atoms with Gasteiger partial charge in [-0.15, -0.1) is 0 Å². The van der Waals surface area contributed by atoms with Crippen molar-refractivity contribution >= 4 is 17.1 Å². The number of hydrogen-bond acceptors (Lipinski definition) is 5. The maximum absolute atomic E-state index is 13.8. The monoisotopic (exact) mass is 344 g/mol. The molecule has 1 unspecified atom stereocenters. The number of benzene rings is 1. The highest BCUT2D eigenvalue weighted by Crippen LogP contribution is 2.25. The third-order valence-corrected chi connectivity index (χ3v) is 4.60. The molecule has 0 amide bonds. The van der Waals surface area contributed by atoms with Crippen LogP contribution in [0.4, 0.5) is 14.8 Å². The molecule has 0 saturated carbocycles. The van der Waals surface area contributed by atoms with Crippen LogP contribution in [0.3, 0.4) is 0 Å². The highest BCUT2D eigenvalue weighted by Gasteiger charge is 2.27. The van der Waals surface area contributed by atoms with Crippen LogP contribution in [0.15, 0.2) is 41.1 Å². The molecule has 1 aliphatic rings. The maximum Gasteiger partial charge on any atom is 0.298 e. The molecule has 0 spiro atoms. The molecule has 4 rings (SSSR count). The minimum atomic E-state index is -0.340. The third-order valence-electron chi connectivity index (χ3n) is 4.60. The highest BCUT2D eigenvalue weighted by molar-refractivity contribution is 5.74. The van der Waals surface area contributed by atoms with Crippen molar-refractivity contribution in [2.24, 2.45) is 0 Å². The van der Waals surface area contributed by atoms with Gasteiger partial charge in [-0.2, -0.15) is 4.98 Å². The van der Waals surface area contributed by atoms with Gasteiger partial charge in [0.1, 0.15) is 17.2 Å². The third kappa shape index (κ3) is 3.19. The van der Waals surface area contributed by atoms with Crippen molar-refractivity contribution in [1.82, 2.24) is 14.9 Å². The number of halogens is 2. The van der Waals surface area contributed by atoms with E-state index < -0.39 is 0 Å². The van der Waals surface area contributed by atoms with E-state index in [1.54, 1.807) is 18.3 Å². The van der Waals surface area contributed by atoms with E-state index in [9.17, 15) is 8.78 Å². The second kappa shape index (κ2) is 6.40. The fourth-order valence-electron chi connectivity index (χ4n) is 3.18. The Hall–Kier alpha value is -2.54. The summed E-state index contributed by atoms with van der Waals surface area (Å²) in [6, 6.07) is 6.75. The first-order valence-electron chi connectivity index (χ1n) is 8.23. The van der Waals surface area contributed by atoms with Gasteiger partial charge in [-0.3, -0.25) is 9.88 Å². The van der Waals surface area contributed by atoms with Gasteiger partial charge in [-0.05, 0) is 25.1 Å². The van der Waals surface area contributed by atoms with Crippen LogP contribution in [0.5, 0.6) is 0 Å². The molecule has 1 aromatic carbocycles. The highest BCUT2D eigenvalue weighted by atomic mass is 19.1. The number of rotatable bonds is 3. The molecule has 1 fully saturated rings. The Morgan fingerprint density at radius 3 is 2.92 bits per heavy atom. The molecule has 0 N–H and O–H groups in total. The standard InChI is InChI=1S/C18H18F2N4O/c1-12-10-24(18-22-16-3-2-14(19)8-17(16)25-18)7-6-23(12)11-13-4-5-21-9-15(13)20/h2-5,8-9,12H,6-7,10-11H2,1H3. The van der Waals surface area contributed by atoms with Gasteiger partial charge in [-0.25, -0.2) is 8.78 Å². The summed E-state index contributed by atoms with van der Waals surface area (Å²) >= 11 is 0. The molecule has 130 valence electrons. The van der Waals surface area contributed by atoms with Crippen LogP contribution in [0.2, 0.25) is 0 Å². The number of pyridine rings is 1. The van der Waals surface area contributed by atoms with E-state index in [1.165, 1.54) is 18.3 Å². The van der Waals surface area contributed by atoms with Crippen LogP contribution < -0.4 is 4.90 Å². The van der Waals surface area contributed by atoms with Gasteiger partial charge in [0.25, 0.3) is 6.01 Å². The lowest BCUT2D eigenvalue weighted by atomic mass is 10.1.